The number of ether oxygens (including phenoxy) is 1. The molecule has 2 saturated heterocycles. The van der Waals surface area contributed by atoms with E-state index >= 15 is 0 Å². The van der Waals surface area contributed by atoms with Gasteiger partial charge in [0.15, 0.2) is 0 Å². The molecular formula is C27H31N3O5. The molecule has 184 valence electrons. The lowest BCUT2D eigenvalue weighted by Crippen LogP contribution is -2.59. The standard InChI is InChI=1S/C27H31N3O5/c1-5-30(23(31)19-13-11-17(2)12-14-19)16-20-21-22(25(33)29(3)24(21)32)27(28-20,26(34)35-4)15-18-9-7-6-8-10-18/h6-14,20-22,28H,5,15-16H2,1-4H3/t20-,21+,22-,27-/m1/s1. The molecule has 0 aliphatic carbocycles. The van der Waals surface area contributed by atoms with Crippen LogP contribution in [0.3, 0.4) is 0 Å². The van der Waals surface area contributed by atoms with Crippen LogP contribution in [0.5, 0.6) is 0 Å². The van der Waals surface area contributed by atoms with E-state index in [4.69, 9.17) is 4.74 Å². The van der Waals surface area contributed by atoms with Crippen molar-refractivity contribution in [3.63, 3.8) is 0 Å². The van der Waals surface area contributed by atoms with E-state index in [2.05, 4.69) is 5.32 Å². The van der Waals surface area contributed by atoms with Crippen molar-refractivity contribution in [2.24, 2.45) is 11.8 Å². The molecule has 2 aromatic carbocycles. The summed E-state index contributed by atoms with van der Waals surface area (Å²) in [5, 5.41) is 3.33. The van der Waals surface area contributed by atoms with Gasteiger partial charge in [0.05, 0.1) is 18.9 Å². The van der Waals surface area contributed by atoms with E-state index in [1.54, 1.807) is 17.0 Å². The summed E-state index contributed by atoms with van der Waals surface area (Å²) in [5.41, 5.74) is 1.01. The van der Waals surface area contributed by atoms with Crippen LogP contribution in [0.2, 0.25) is 0 Å². The molecule has 3 amide bonds. The number of methoxy groups -OCH3 is 1. The molecule has 2 aliphatic heterocycles. The SMILES string of the molecule is CCN(C[C@H]1N[C@@](Cc2ccccc2)(C(=O)OC)[C@H]2C(=O)N(C)C(=O)[C@@H]12)C(=O)c1ccc(C)cc1. The minimum Gasteiger partial charge on any atom is -0.468 e. The highest BCUT2D eigenvalue weighted by Gasteiger charge is 2.68. The molecule has 1 N–H and O–H groups in total. The summed E-state index contributed by atoms with van der Waals surface area (Å²) in [4.78, 5) is 55.8. The van der Waals surface area contributed by atoms with Gasteiger partial charge in [-0.1, -0.05) is 48.0 Å². The summed E-state index contributed by atoms with van der Waals surface area (Å²) < 4.78 is 5.18. The second-order valence-electron chi connectivity index (χ2n) is 9.32. The van der Waals surface area contributed by atoms with Gasteiger partial charge in [-0.25, -0.2) is 0 Å². The third kappa shape index (κ3) is 4.23. The van der Waals surface area contributed by atoms with Crippen molar-refractivity contribution in [3.05, 3.63) is 71.3 Å². The van der Waals surface area contributed by atoms with Gasteiger partial charge in [-0.15, -0.1) is 0 Å². The van der Waals surface area contributed by atoms with E-state index in [9.17, 15) is 19.2 Å². The van der Waals surface area contributed by atoms with Gasteiger partial charge < -0.3 is 9.64 Å². The molecule has 0 aromatic heterocycles. The van der Waals surface area contributed by atoms with Crippen LogP contribution < -0.4 is 5.32 Å². The first kappa shape index (κ1) is 24.6. The molecule has 0 saturated carbocycles. The third-order valence-corrected chi connectivity index (χ3v) is 7.24. The highest BCUT2D eigenvalue weighted by molar-refractivity contribution is 6.09. The zero-order chi connectivity index (χ0) is 25.3. The fourth-order valence-corrected chi connectivity index (χ4v) is 5.42. The number of hydrogen-bond acceptors (Lipinski definition) is 6. The Morgan fingerprint density at radius 3 is 2.31 bits per heavy atom. The number of hydrogen-bond donors (Lipinski definition) is 1. The van der Waals surface area contributed by atoms with Gasteiger partial charge in [-0.05, 0) is 31.5 Å². The Kier molecular flexibility index (Phi) is 6.76. The maximum absolute atomic E-state index is 13.3. The van der Waals surface area contributed by atoms with Crippen molar-refractivity contribution in [3.8, 4) is 0 Å². The van der Waals surface area contributed by atoms with Crippen molar-refractivity contribution in [2.45, 2.75) is 31.8 Å². The van der Waals surface area contributed by atoms with E-state index in [-0.39, 0.29) is 24.8 Å². The first-order chi connectivity index (χ1) is 16.7. The lowest BCUT2D eigenvalue weighted by atomic mass is 9.76. The Bertz CT molecular complexity index is 1130. The Labute approximate surface area is 205 Å². The highest BCUT2D eigenvalue weighted by atomic mass is 16.5. The van der Waals surface area contributed by atoms with Crippen molar-refractivity contribution < 1.29 is 23.9 Å². The zero-order valence-electron chi connectivity index (χ0n) is 20.5. The van der Waals surface area contributed by atoms with Crippen LogP contribution in [-0.2, 0) is 25.5 Å². The normalized spacial score (nSPS) is 25.5. The number of esters is 1. The second kappa shape index (κ2) is 9.62. The predicted octanol–water partition coefficient (Wildman–Crippen LogP) is 1.81. The number of carbonyl (C=O) groups is 4. The molecule has 0 spiro atoms. The smallest absolute Gasteiger partial charge is 0.327 e. The number of rotatable bonds is 7. The minimum absolute atomic E-state index is 0.171. The van der Waals surface area contributed by atoms with E-state index in [0.717, 1.165) is 16.0 Å². The fraction of sp³-hybridized carbons (Fsp3) is 0.407. The van der Waals surface area contributed by atoms with Gasteiger partial charge in [-0.3, -0.25) is 29.4 Å². The number of nitrogens with zero attached hydrogens (tertiary/aromatic N) is 2. The number of aryl methyl sites for hydroxylation is 1. The van der Waals surface area contributed by atoms with Gasteiger partial charge in [0.25, 0.3) is 5.91 Å². The summed E-state index contributed by atoms with van der Waals surface area (Å²) >= 11 is 0. The average Bonchev–Trinajstić information content (AvgIpc) is 3.31. The molecule has 0 radical (unpaired) electrons. The van der Waals surface area contributed by atoms with E-state index in [1.165, 1.54) is 14.2 Å². The summed E-state index contributed by atoms with van der Waals surface area (Å²) in [5.74, 6) is -3.24. The van der Waals surface area contributed by atoms with Crippen molar-refractivity contribution >= 4 is 23.7 Å². The van der Waals surface area contributed by atoms with Crippen molar-refractivity contribution in [1.82, 2.24) is 15.1 Å². The zero-order valence-corrected chi connectivity index (χ0v) is 20.5. The molecular weight excluding hydrogens is 446 g/mol. The van der Waals surface area contributed by atoms with E-state index in [1.807, 2.05) is 56.3 Å². The quantitative estimate of drug-likeness (QED) is 0.483. The largest absolute Gasteiger partial charge is 0.468 e. The predicted molar refractivity (Wildman–Crippen MR) is 129 cm³/mol. The van der Waals surface area contributed by atoms with Crippen molar-refractivity contribution in [2.75, 3.05) is 27.2 Å². The van der Waals surface area contributed by atoms with E-state index in [0.29, 0.717) is 12.1 Å². The Morgan fingerprint density at radius 2 is 1.71 bits per heavy atom. The van der Waals surface area contributed by atoms with Crippen LogP contribution in [0, 0.1) is 18.8 Å². The molecule has 2 fully saturated rings. The number of likely N-dealkylation sites (tertiary alicyclic amines) is 1. The average molecular weight is 478 g/mol. The number of likely N-dealkylation sites (N-methyl/N-ethyl adjacent to an activating group) is 1. The molecule has 2 heterocycles. The summed E-state index contributed by atoms with van der Waals surface area (Å²) in [6, 6.07) is 16.0. The number of carbonyl (C=O) groups excluding carboxylic acids is 4. The Balaban J connectivity index is 1.71. The van der Waals surface area contributed by atoms with E-state index < -0.39 is 35.3 Å². The molecule has 2 aromatic rings. The van der Waals surface area contributed by atoms with Crippen LogP contribution in [0.4, 0.5) is 0 Å². The second-order valence-corrected chi connectivity index (χ2v) is 9.32. The topological polar surface area (TPSA) is 96.0 Å². The maximum Gasteiger partial charge on any atom is 0.327 e. The Hall–Kier alpha value is -3.52. The maximum atomic E-state index is 13.3. The van der Waals surface area contributed by atoms with Gasteiger partial charge in [0, 0.05) is 38.2 Å². The molecule has 8 nitrogen and oxygen atoms in total. The van der Waals surface area contributed by atoms with Crippen molar-refractivity contribution in [1.29, 1.82) is 0 Å². The highest BCUT2D eigenvalue weighted by Crippen LogP contribution is 2.45. The molecule has 8 heteroatoms. The molecule has 4 atom stereocenters. The van der Waals surface area contributed by atoms with Crippen LogP contribution in [0.1, 0.15) is 28.4 Å². The van der Waals surface area contributed by atoms with Gasteiger partial charge >= 0.3 is 5.97 Å². The summed E-state index contributed by atoms with van der Waals surface area (Å²) in [6.45, 7) is 4.39. The molecule has 35 heavy (non-hydrogen) atoms. The number of imide groups is 1. The molecule has 2 aliphatic rings. The number of amides is 3. The lowest BCUT2D eigenvalue weighted by Gasteiger charge is -2.33. The van der Waals surface area contributed by atoms with Crippen LogP contribution in [0.15, 0.2) is 54.6 Å². The van der Waals surface area contributed by atoms with Gasteiger partial charge in [0.2, 0.25) is 11.8 Å². The third-order valence-electron chi connectivity index (χ3n) is 7.24. The summed E-state index contributed by atoms with van der Waals surface area (Å²) in [7, 11) is 2.73. The Morgan fingerprint density at radius 1 is 1.06 bits per heavy atom. The van der Waals surface area contributed by atoms with Gasteiger partial charge in [0.1, 0.15) is 5.54 Å². The molecule has 0 bridgehead atoms. The summed E-state index contributed by atoms with van der Waals surface area (Å²) in [6.07, 6.45) is 0.184. The minimum atomic E-state index is -1.42. The number of nitrogens with one attached hydrogen (secondary N) is 1. The molecule has 0 unspecified atom stereocenters. The van der Waals surface area contributed by atoms with Crippen LogP contribution >= 0.6 is 0 Å². The lowest BCUT2D eigenvalue weighted by molar-refractivity contribution is -0.153. The fourth-order valence-electron chi connectivity index (χ4n) is 5.42. The molecule has 4 rings (SSSR count). The first-order valence-corrected chi connectivity index (χ1v) is 11.8. The van der Waals surface area contributed by atoms with Crippen LogP contribution in [0.25, 0.3) is 0 Å². The number of benzene rings is 2. The first-order valence-electron chi connectivity index (χ1n) is 11.8. The number of fused-ring (bicyclic) bond motifs is 1. The van der Waals surface area contributed by atoms with Gasteiger partial charge in [-0.2, -0.15) is 0 Å². The monoisotopic (exact) mass is 477 g/mol. The van der Waals surface area contributed by atoms with Crippen LogP contribution in [-0.4, -0.2) is 72.3 Å².